The van der Waals surface area contributed by atoms with Crippen LogP contribution in [0.4, 0.5) is 0 Å². The molecule has 0 aromatic heterocycles. The maximum Gasteiger partial charge on any atom is 0.249 e. The number of nitrogens with one attached hydrogen (secondary N) is 9. The van der Waals surface area contributed by atoms with E-state index in [1.807, 2.05) is 0 Å². The normalized spacial score (nSPS) is 27.7. The van der Waals surface area contributed by atoms with Crippen LogP contribution in [0.1, 0.15) is 181 Å². The predicted molar refractivity (Wildman–Crippen MR) is 361 cm³/mol. The van der Waals surface area contributed by atoms with Crippen molar-refractivity contribution in [2.75, 3.05) is 72.4 Å². The second-order valence-corrected chi connectivity index (χ2v) is 26.6. The highest BCUT2D eigenvalue weighted by Crippen LogP contribution is 2.26. The van der Waals surface area contributed by atoms with E-state index in [4.69, 9.17) is 33.2 Å². The van der Waals surface area contributed by atoms with Gasteiger partial charge in [0.1, 0.15) is 91.2 Å². The van der Waals surface area contributed by atoms with Gasteiger partial charge >= 0.3 is 0 Å². The van der Waals surface area contributed by atoms with Crippen molar-refractivity contribution < 1.29 is 127 Å². The van der Waals surface area contributed by atoms with Crippen LogP contribution >= 0.6 is 0 Å². The second kappa shape index (κ2) is 50.1. The van der Waals surface area contributed by atoms with Crippen molar-refractivity contribution in [3.05, 3.63) is 0 Å². The average molecular weight is 1470 g/mol. The van der Waals surface area contributed by atoms with E-state index in [1.54, 1.807) is 0 Å². The SMILES string of the molecule is CC(=O)NC1C(OCCCCCCNC(=O)C(CCC(=O)NCCCCCCOC2O[C@H](CO)C(O)C(O)C2NC(C)=O)NC(=O)CCC(NC(=O)CCCCCCCCCNC(=O)[C@@H]2C[C@@H](O)CO2)C(=O)NCCCCCCOC2OC(CO)C(O)C(O)C2NC(C)=O)OC(CO)C(O)C1O. The van der Waals surface area contributed by atoms with Gasteiger partial charge in [-0.2, -0.15) is 0 Å². The zero-order valence-corrected chi connectivity index (χ0v) is 59.4. The first-order chi connectivity index (χ1) is 48.9. The standard InChI is InChI=1S/C67H119N9O26/c1-40(80)72-53-59(90)56(87)47(36-77)100-65(53)96-32-20-12-9-16-28-68-50(84)26-24-44(62(93)69-29-18-10-13-21-33-97-66-54(73-41(2)81)60(91)57(88)48(37-78)101-66)76-52(86)27-25-45(75-51(85)23-15-7-5-4-6-8-17-31-71-64(95)46-35-43(83)39-99-46)63(94)70-30-19-11-14-22-34-98-67-55(74-42(3)82)61(92)58(89)49(38-79)102-67/h43-49,53-61,65-67,77-79,83,87-92H,4-39H2,1-3H3,(H,68,84)(H,69,93)(H,70,94)(H,71,95)(H,72,80)(H,73,81)(H,74,82)(H,75,85)(H,76,86)/t43-,44?,45?,46+,47-,48?,49?,53?,54?,55?,56?,57?,58?,59?,60?,61?,65?,66?,67?/m1/s1. The third-order valence-electron chi connectivity index (χ3n) is 18.0. The summed E-state index contributed by atoms with van der Waals surface area (Å²) >= 11 is 0. The summed E-state index contributed by atoms with van der Waals surface area (Å²) in [6, 6.07) is -5.59. The fourth-order valence-corrected chi connectivity index (χ4v) is 12.2. The lowest BCUT2D eigenvalue weighted by molar-refractivity contribution is -0.270. The van der Waals surface area contributed by atoms with Crippen molar-refractivity contribution in [3.8, 4) is 0 Å². The van der Waals surface area contributed by atoms with Gasteiger partial charge in [0.25, 0.3) is 0 Å². The quantitative estimate of drug-likeness (QED) is 0.0257. The number of hydrogen-bond acceptors (Lipinski definition) is 26. The summed E-state index contributed by atoms with van der Waals surface area (Å²) in [5, 5.41) is 126. The molecule has 19 atom stereocenters. The molecule has 4 saturated heterocycles. The minimum absolute atomic E-state index is 0.105. The van der Waals surface area contributed by atoms with Crippen LogP contribution in [0.5, 0.6) is 0 Å². The van der Waals surface area contributed by atoms with Crippen LogP contribution < -0.4 is 47.9 Å². The van der Waals surface area contributed by atoms with Crippen molar-refractivity contribution in [2.45, 2.75) is 298 Å². The maximum absolute atomic E-state index is 13.9. The smallest absolute Gasteiger partial charge is 0.249 e. The monoisotopic (exact) mass is 1470 g/mol. The molecular formula is C67H119N9O26. The maximum atomic E-state index is 13.9. The molecule has 0 aromatic carbocycles. The molecule has 0 spiro atoms. The minimum Gasteiger partial charge on any atom is -0.394 e. The molecule has 0 saturated carbocycles. The number of unbranched alkanes of at least 4 members (excludes halogenated alkanes) is 15. The highest BCUT2D eigenvalue weighted by Gasteiger charge is 2.48. The third kappa shape index (κ3) is 33.3. The summed E-state index contributed by atoms with van der Waals surface area (Å²) in [6.07, 6.45) is -4.67. The molecule has 0 radical (unpaired) electrons. The van der Waals surface area contributed by atoms with Crippen molar-refractivity contribution in [2.24, 2.45) is 0 Å². The van der Waals surface area contributed by atoms with E-state index in [-0.39, 0.29) is 90.5 Å². The Bertz CT molecular complexity index is 2480. The van der Waals surface area contributed by atoms with Gasteiger partial charge in [-0.15, -0.1) is 0 Å². The number of rotatable bonds is 51. The van der Waals surface area contributed by atoms with E-state index in [0.717, 1.165) is 38.5 Å². The molecule has 588 valence electrons. The van der Waals surface area contributed by atoms with Crippen LogP contribution in [0.25, 0.3) is 0 Å². The van der Waals surface area contributed by atoms with E-state index in [9.17, 15) is 94.2 Å². The molecule has 4 fully saturated rings. The summed E-state index contributed by atoms with van der Waals surface area (Å²) in [5.41, 5.74) is 0. The lowest BCUT2D eigenvalue weighted by Crippen LogP contribution is -2.64. The number of hydrogen-bond donors (Lipinski definition) is 19. The number of aliphatic hydroxyl groups is 10. The molecule has 19 N–H and O–H groups in total. The van der Waals surface area contributed by atoms with Crippen LogP contribution in [-0.4, -0.2) is 293 Å². The van der Waals surface area contributed by atoms with Gasteiger partial charge in [-0.25, -0.2) is 0 Å². The second-order valence-electron chi connectivity index (χ2n) is 26.6. The summed E-state index contributed by atoms with van der Waals surface area (Å²) in [5.74, 6) is -4.22. The first kappa shape index (κ1) is 88.9. The minimum atomic E-state index is -1.46. The Morgan fingerprint density at radius 3 is 1.07 bits per heavy atom. The lowest BCUT2D eigenvalue weighted by Gasteiger charge is -2.42. The molecule has 35 nitrogen and oxygen atoms in total. The van der Waals surface area contributed by atoms with Crippen molar-refractivity contribution >= 4 is 53.2 Å². The van der Waals surface area contributed by atoms with E-state index < -0.39 is 183 Å². The molecule has 4 aliphatic heterocycles. The number of aliphatic hydroxyl groups excluding tert-OH is 10. The summed E-state index contributed by atoms with van der Waals surface area (Å²) < 4.78 is 39.5. The predicted octanol–water partition coefficient (Wildman–Crippen LogP) is -4.19. The van der Waals surface area contributed by atoms with E-state index >= 15 is 0 Å². The van der Waals surface area contributed by atoms with Gasteiger partial charge in [-0.05, 0) is 64.2 Å². The van der Waals surface area contributed by atoms with Crippen LogP contribution in [0.2, 0.25) is 0 Å². The summed E-state index contributed by atoms with van der Waals surface area (Å²) in [7, 11) is 0. The Balaban J connectivity index is 1.31. The number of amides is 9. The van der Waals surface area contributed by atoms with Crippen LogP contribution in [0, 0.1) is 0 Å². The Morgan fingerprint density at radius 2 is 0.716 bits per heavy atom. The average Bonchev–Trinajstić information content (AvgIpc) is 1.68. The van der Waals surface area contributed by atoms with Crippen molar-refractivity contribution in [3.63, 3.8) is 0 Å². The zero-order chi connectivity index (χ0) is 74.9. The first-order valence-electron chi connectivity index (χ1n) is 36.4. The zero-order valence-electron chi connectivity index (χ0n) is 59.4. The van der Waals surface area contributed by atoms with Crippen LogP contribution in [0.3, 0.4) is 0 Å². The van der Waals surface area contributed by atoms with Gasteiger partial charge in [0.2, 0.25) is 53.2 Å². The molecule has 102 heavy (non-hydrogen) atoms. The van der Waals surface area contributed by atoms with Crippen molar-refractivity contribution in [1.82, 2.24) is 47.9 Å². The molecule has 4 aliphatic rings. The summed E-state index contributed by atoms with van der Waals surface area (Å²) in [6.45, 7) is 3.68. The van der Waals surface area contributed by atoms with Gasteiger partial charge in [-0.3, -0.25) is 43.2 Å². The Labute approximate surface area is 596 Å². The van der Waals surface area contributed by atoms with E-state index in [1.165, 1.54) is 20.8 Å². The Kier molecular flexibility index (Phi) is 43.7. The van der Waals surface area contributed by atoms with E-state index in [2.05, 4.69) is 47.9 Å². The molecule has 4 heterocycles. The molecule has 16 unspecified atom stereocenters. The van der Waals surface area contributed by atoms with Gasteiger partial charge in [0, 0.05) is 92.5 Å². The van der Waals surface area contributed by atoms with Crippen molar-refractivity contribution in [1.29, 1.82) is 0 Å². The van der Waals surface area contributed by atoms with Crippen LogP contribution in [-0.2, 0) is 76.3 Å². The van der Waals surface area contributed by atoms with Gasteiger partial charge in [0.15, 0.2) is 18.9 Å². The topological polar surface area (TPSA) is 529 Å². The summed E-state index contributed by atoms with van der Waals surface area (Å²) in [4.78, 5) is 116. The fourth-order valence-electron chi connectivity index (χ4n) is 12.2. The molecule has 4 rings (SSSR count). The number of carbonyl (C=O) groups is 9. The van der Waals surface area contributed by atoms with Crippen LogP contribution in [0.15, 0.2) is 0 Å². The Hall–Kier alpha value is -5.45. The molecule has 9 amide bonds. The highest BCUT2D eigenvalue weighted by molar-refractivity contribution is 5.90. The Morgan fingerprint density at radius 1 is 0.392 bits per heavy atom. The van der Waals surface area contributed by atoms with Gasteiger partial charge in [-0.1, -0.05) is 70.6 Å². The lowest BCUT2D eigenvalue weighted by atomic mass is 9.97. The number of carbonyl (C=O) groups excluding carboxylic acids is 9. The largest absolute Gasteiger partial charge is 0.394 e. The number of ether oxygens (including phenoxy) is 7. The third-order valence-corrected chi connectivity index (χ3v) is 18.0. The van der Waals surface area contributed by atoms with E-state index in [0.29, 0.717) is 90.0 Å². The molecule has 0 aromatic rings. The molecule has 0 bridgehead atoms. The first-order valence-corrected chi connectivity index (χ1v) is 36.4. The molecule has 0 aliphatic carbocycles. The van der Waals surface area contributed by atoms with Gasteiger partial charge < -0.3 is 132 Å². The fraction of sp³-hybridized carbons (Fsp3) is 0.866. The highest BCUT2D eigenvalue weighted by atomic mass is 16.7. The van der Waals surface area contributed by atoms with Gasteiger partial charge in [0.05, 0.1) is 32.5 Å². The molecular weight excluding hydrogens is 1350 g/mol. The molecule has 35 heteroatoms.